The van der Waals surface area contributed by atoms with E-state index < -0.39 is 0 Å². The minimum Gasteiger partial charge on any atom is -0.434 e. The van der Waals surface area contributed by atoms with Crippen molar-refractivity contribution in [1.82, 2.24) is 10.2 Å². The molecule has 0 aliphatic heterocycles. The van der Waals surface area contributed by atoms with Gasteiger partial charge in [0.2, 0.25) is 0 Å². The van der Waals surface area contributed by atoms with Crippen molar-refractivity contribution in [3.8, 4) is 17.4 Å². The van der Waals surface area contributed by atoms with Crippen molar-refractivity contribution >= 4 is 17.6 Å². The molecule has 0 atom stereocenters. The van der Waals surface area contributed by atoms with Gasteiger partial charge in [0, 0.05) is 12.5 Å². The van der Waals surface area contributed by atoms with Crippen LogP contribution in [0.15, 0.2) is 24.3 Å². The van der Waals surface area contributed by atoms with Gasteiger partial charge < -0.3 is 9.47 Å². The van der Waals surface area contributed by atoms with Crippen LogP contribution in [0, 0.1) is 6.92 Å². The summed E-state index contributed by atoms with van der Waals surface area (Å²) in [6.45, 7) is 3.69. The van der Waals surface area contributed by atoms with E-state index in [0.29, 0.717) is 5.92 Å². The fourth-order valence-corrected chi connectivity index (χ4v) is 2.44. The number of halogens is 1. The van der Waals surface area contributed by atoms with Gasteiger partial charge >= 0.3 is 5.97 Å². The van der Waals surface area contributed by atoms with Crippen LogP contribution in [-0.4, -0.2) is 16.2 Å². The lowest BCUT2D eigenvalue weighted by Crippen LogP contribution is -2.08. The number of carbonyl (C=O) groups is 1. The van der Waals surface area contributed by atoms with Gasteiger partial charge in [-0.25, -0.2) is 0 Å². The molecule has 2 aromatic rings. The van der Waals surface area contributed by atoms with Crippen LogP contribution >= 0.6 is 11.6 Å². The summed E-state index contributed by atoms with van der Waals surface area (Å²) in [5, 5.41) is 7.87. The van der Waals surface area contributed by atoms with E-state index in [9.17, 15) is 4.79 Å². The van der Waals surface area contributed by atoms with Crippen LogP contribution in [0.5, 0.6) is 17.4 Å². The highest BCUT2D eigenvalue weighted by Crippen LogP contribution is 2.46. The molecule has 1 saturated carbocycles. The highest BCUT2D eigenvalue weighted by Gasteiger charge is 2.28. The molecule has 0 bridgehead atoms. The van der Waals surface area contributed by atoms with Gasteiger partial charge in [-0.05, 0) is 36.8 Å². The number of aromatic nitrogens is 2. The molecule has 1 aliphatic carbocycles. The highest BCUT2D eigenvalue weighted by molar-refractivity contribution is 6.29. The van der Waals surface area contributed by atoms with Crippen LogP contribution in [-0.2, 0) is 4.79 Å². The Bertz CT molecular complexity index is 745. The molecule has 1 aliphatic rings. The maximum Gasteiger partial charge on any atom is 0.311 e. The summed E-state index contributed by atoms with van der Waals surface area (Å²) in [6.07, 6.45) is 2.56. The molecule has 0 amide bonds. The SMILES string of the molecule is CCC(=O)Oc1cc(Cl)nnc1Oc1c(C)cccc1C1CC1. The van der Waals surface area contributed by atoms with E-state index in [2.05, 4.69) is 16.3 Å². The molecule has 0 spiro atoms. The van der Waals surface area contributed by atoms with Crippen LogP contribution in [0.3, 0.4) is 0 Å². The van der Waals surface area contributed by atoms with Crippen LogP contribution in [0.25, 0.3) is 0 Å². The predicted molar refractivity (Wildman–Crippen MR) is 86.2 cm³/mol. The van der Waals surface area contributed by atoms with Crippen molar-refractivity contribution in [1.29, 1.82) is 0 Å². The number of para-hydroxylation sites is 1. The molecule has 5 nitrogen and oxygen atoms in total. The zero-order valence-electron chi connectivity index (χ0n) is 13.0. The molecule has 0 unspecified atom stereocenters. The third-order valence-electron chi connectivity index (χ3n) is 3.67. The Morgan fingerprint density at radius 3 is 2.83 bits per heavy atom. The van der Waals surface area contributed by atoms with Gasteiger partial charge in [0.1, 0.15) is 5.75 Å². The fourth-order valence-electron chi connectivity index (χ4n) is 2.31. The summed E-state index contributed by atoms with van der Waals surface area (Å²) in [5.74, 6) is 1.22. The van der Waals surface area contributed by atoms with Crippen molar-refractivity contribution in [2.24, 2.45) is 0 Å². The normalized spacial score (nSPS) is 13.7. The minimum atomic E-state index is -0.383. The number of hydrogen-bond donors (Lipinski definition) is 0. The van der Waals surface area contributed by atoms with Crippen molar-refractivity contribution in [2.75, 3.05) is 0 Å². The molecule has 0 radical (unpaired) electrons. The summed E-state index contributed by atoms with van der Waals surface area (Å²) in [4.78, 5) is 11.6. The van der Waals surface area contributed by atoms with E-state index in [1.807, 2.05) is 19.1 Å². The summed E-state index contributed by atoms with van der Waals surface area (Å²) < 4.78 is 11.2. The van der Waals surface area contributed by atoms with Gasteiger partial charge in [0.15, 0.2) is 10.9 Å². The van der Waals surface area contributed by atoms with E-state index in [4.69, 9.17) is 21.1 Å². The standard InChI is InChI=1S/C17H17ClN2O3/c1-3-15(21)22-13-9-14(18)19-20-17(13)23-16-10(2)5-4-6-12(16)11-7-8-11/h4-6,9,11H,3,7-8H2,1-2H3. The van der Waals surface area contributed by atoms with Crippen molar-refractivity contribution in [3.63, 3.8) is 0 Å². The lowest BCUT2D eigenvalue weighted by Gasteiger charge is -2.14. The molecule has 3 rings (SSSR count). The van der Waals surface area contributed by atoms with Gasteiger partial charge in [-0.2, -0.15) is 0 Å². The van der Waals surface area contributed by atoms with E-state index in [-0.39, 0.29) is 29.2 Å². The third kappa shape index (κ3) is 3.62. The molecular weight excluding hydrogens is 316 g/mol. The van der Waals surface area contributed by atoms with Crippen LogP contribution in [0.2, 0.25) is 5.15 Å². The van der Waals surface area contributed by atoms with Crippen molar-refractivity contribution in [3.05, 3.63) is 40.5 Å². The molecule has 1 aromatic heterocycles. The number of rotatable bonds is 5. The molecule has 1 aromatic carbocycles. The summed E-state index contributed by atoms with van der Waals surface area (Å²) in [7, 11) is 0. The molecule has 120 valence electrons. The number of esters is 1. The molecule has 1 heterocycles. The van der Waals surface area contributed by atoms with Crippen LogP contribution in [0.1, 0.15) is 43.2 Å². The van der Waals surface area contributed by atoms with Crippen molar-refractivity contribution < 1.29 is 14.3 Å². The van der Waals surface area contributed by atoms with Gasteiger partial charge in [0.25, 0.3) is 5.88 Å². The quantitative estimate of drug-likeness (QED) is 0.758. The van der Waals surface area contributed by atoms with Crippen LogP contribution in [0.4, 0.5) is 0 Å². The number of ether oxygens (including phenoxy) is 2. The first-order chi connectivity index (χ1) is 11.1. The van der Waals surface area contributed by atoms with E-state index in [1.54, 1.807) is 6.92 Å². The van der Waals surface area contributed by atoms with Gasteiger partial charge in [0.05, 0.1) is 0 Å². The molecule has 0 N–H and O–H groups in total. The molecular formula is C17H17ClN2O3. The van der Waals surface area contributed by atoms with E-state index >= 15 is 0 Å². The zero-order chi connectivity index (χ0) is 16.4. The molecule has 0 saturated heterocycles. The smallest absolute Gasteiger partial charge is 0.311 e. The average Bonchev–Trinajstić information content (AvgIpc) is 3.36. The Morgan fingerprint density at radius 2 is 2.13 bits per heavy atom. The van der Waals surface area contributed by atoms with Crippen LogP contribution < -0.4 is 9.47 Å². The monoisotopic (exact) mass is 332 g/mol. The number of aryl methyl sites for hydroxylation is 1. The largest absolute Gasteiger partial charge is 0.434 e. The number of benzene rings is 1. The van der Waals surface area contributed by atoms with E-state index in [0.717, 1.165) is 29.7 Å². The second-order valence-electron chi connectivity index (χ2n) is 5.53. The minimum absolute atomic E-state index is 0.142. The summed E-state index contributed by atoms with van der Waals surface area (Å²) >= 11 is 5.85. The predicted octanol–water partition coefficient (Wildman–Crippen LogP) is 4.42. The lowest BCUT2D eigenvalue weighted by molar-refractivity contribution is -0.134. The fraction of sp³-hybridized carbons (Fsp3) is 0.353. The van der Waals surface area contributed by atoms with Gasteiger partial charge in [-0.3, -0.25) is 4.79 Å². The maximum atomic E-state index is 11.6. The molecule has 6 heteroatoms. The highest BCUT2D eigenvalue weighted by atomic mass is 35.5. The lowest BCUT2D eigenvalue weighted by atomic mass is 10.1. The Hall–Kier alpha value is -2.14. The Balaban J connectivity index is 1.95. The second kappa shape index (κ2) is 6.54. The topological polar surface area (TPSA) is 61.3 Å². The number of carbonyl (C=O) groups excluding carboxylic acids is 1. The van der Waals surface area contributed by atoms with Crippen molar-refractivity contribution in [2.45, 2.75) is 39.0 Å². The first kappa shape index (κ1) is 15.7. The van der Waals surface area contributed by atoms with Gasteiger partial charge in [-0.1, -0.05) is 36.7 Å². The Morgan fingerprint density at radius 1 is 1.35 bits per heavy atom. The Labute approximate surface area is 139 Å². The second-order valence-corrected chi connectivity index (χ2v) is 5.92. The molecule has 1 fully saturated rings. The average molecular weight is 333 g/mol. The number of hydrogen-bond acceptors (Lipinski definition) is 5. The first-order valence-corrected chi connectivity index (χ1v) is 7.97. The number of nitrogens with zero attached hydrogens (tertiary/aromatic N) is 2. The maximum absolute atomic E-state index is 11.6. The third-order valence-corrected chi connectivity index (χ3v) is 3.85. The zero-order valence-corrected chi connectivity index (χ0v) is 13.8. The summed E-state index contributed by atoms with van der Waals surface area (Å²) in [5.41, 5.74) is 2.15. The molecule has 23 heavy (non-hydrogen) atoms. The van der Waals surface area contributed by atoms with E-state index in [1.165, 1.54) is 6.07 Å². The van der Waals surface area contributed by atoms with Gasteiger partial charge in [-0.15, -0.1) is 10.2 Å². The Kier molecular flexibility index (Phi) is 4.48. The summed E-state index contributed by atoms with van der Waals surface area (Å²) in [6, 6.07) is 7.48. The first-order valence-electron chi connectivity index (χ1n) is 7.59.